The van der Waals surface area contributed by atoms with E-state index in [2.05, 4.69) is 0 Å². The average molecular weight is 322 g/mol. The van der Waals surface area contributed by atoms with Crippen molar-refractivity contribution < 1.29 is 19.7 Å². The zero-order valence-corrected chi connectivity index (χ0v) is 12.4. The van der Waals surface area contributed by atoms with Crippen LogP contribution in [0.4, 0.5) is 0 Å². The number of aromatic hydroxyl groups is 2. The van der Waals surface area contributed by atoms with Crippen molar-refractivity contribution in [3.05, 3.63) is 53.6 Å². The standard InChI is InChI=1S/C16H15NO4.ClH/c17-10-16(20)21-15-8-12(7-14(19)9-15)2-1-11-3-5-13(18)6-4-11;/h1-9,18-19H,10,17H2;1H. The molecule has 5 nitrogen and oxygen atoms in total. The minimum atomic E-state index is -0.575. The number of benzene rings is 2. The Morgan fingerprint density at radius 3 is 2.27 bits per heavy atom. The third-order valence-corrected chi connectivity index (χ3v) is 2.67. The first-order valence-corrected chi connectivity index (χ1v) is 6.29. The van der Waals surface area contributed by atoms with Crippen molar-refractivity contribution in [3.63, 3.8) is 0 Å². The highest BCUT2D eigenvalue weighted by Crippen LogP contribution is 2.23. The largest absolute Gasteiger partial charge is 0.508 e. The number of hydrogen-bond donors (Lipinski definition) is 3. The number of esters is 1. The number of halogens is 1. The van der Waals surface area contributed by atoms with Crippen molar-refractivity contribution in [1.82, 2.24) is 0 Å². The highest BCUT2D eigenvalue weighted by molar-refractivity contribution is 5.85. The number of rotatable bonds is 4. The monoisotopic (exact) mass is 321 g/mol. The molecule has 0 saturated heterocycles. The van der Waals surface area contributed by atoms with E-state index in [1.165, 1.54) is 12.1 Å². The second-order valence-corrected chi connectivity index (χ2v) is 4.36. The molecule has 0 spiro atoms. The van der Waals surface area contributed by atoms with Crippen molar-refractivity contribution in [2.75, 3.05) is 6.54 Å². The zero-order chi connectivity index (χ0) is 15.2. The lowest BCUT2D eigenvalue weighted by Gasteiger charge is -2.05. The van der Waals surface area contributed by atoms with Gasteiger partial charge in [0.1, 0.15) is 17.2 Å². The maximum Gasteiger partial charge on any atom is 0.325 e. The molecule has 0 radical (unpaired) electrons. The summed E-state index contributed by atoms with van der Waals surface area (Å²) in [6.45, 7) is -0.228. The Hall–Kier alpha value is -2.50. The molecule has 116 valence electrons. The van der Waals surface area contributed by atoms with Crippen LogP contribution in [0.1, 0.15) is 11.1 Å². The van der Waals surface area contributed by atoms with E-state index in [0.717, 1.165) is 5.56 Å². The summed E-state index contributed by atoms with van der Waals surface area (Å²) in [4.78, 5) is 11.1. The van der Waals surface area contributed by atoms with Crippen molar-refractivity contribution in [2.45, 2.75) is 0 Å². The van der Waals surface area contributed by atoms with Gasteiger partial charge in [0.25, 0.3) is 0 Å². The molecule has 0 aliphatic heterocycles. The van der Waals surface area contributed by atoms with Gasteiger partial charge in [0.05, 0.1) is 6.54 Å². The van der Waals surface area contributed by atoms with Gasteiger partial charge in [0.15, 0.2) is 0 Å². The van der Waals surface area contributed by atoms with E-state index in [9.17, 15) is 15.0 Å². The third kappa shape index (κ3) is 5.12. The van der Waals surface area contributed by atoms with Crippen molar-refractivity contribution in [3.8, 4) is 17.2 Å². The summed E-state index contributed by atoms with van der Waals surface area (Å²) in [5, 5.41) is 18.8. The maximum absolute atomic E-state index is 11.1. The van der Waals surface area contributed by atoms with Gasteiger partial charge in [0.2, 0.25) is 0 Å². The van der Waals surface area contributed by atoms with E-state index < -0.39 is 5.97 Å². The normalized spacial score (nSPS) is 10.2. The SMILES string of the molecule is Cl.NCC(=O)Oc1cc(O)cc(C=Cc2ccc(O)cc2)c1. The van der Waals surface area contributed by atoms with Gasteiger partial charge in [-0.25, -0.2) is 0 Å². The number of carbonyl (C=O) groups is 1. The number of hydrogen-bond acceptors (Lipinski definition) is 5. The fraction of sp³-hybridized carbons (Fsp3) is 0.0625. The quantitative estimate of drug-likeness (QED) is 0.457. The first kappa shape index (κ1) is 17.6. The van der Waals surface area contributed by atoms with E-state index in [-0.39, 0.29) is 36.2 Å². The van der Waals surface area contributed by atoms with Crippen LogP contribution in [0.2, 0.25) is 0 Å². The number of carbonyl (C=O) groups excluding carboxylic acids is 1. The fourth-order valence-electron chi connectivity index (χ4n) is 1.71. The molecule has 0 fully saturated rings. The van der Waals surface area contributed by atoms with E-state index in [1.54, 1.807) is 36.4 Å². The van der Waals surface area contributed by atoms with Gasteiger partial charge >= 0.3 is 5.97 Å². The second kappa shape index (κ2) is 8.07. The van der Waals surface area contributed by atoms with E-state index in [1.807, 2.05) is 6.08 Å². The maximum atomic E-state index is 11.1. The van der Waals surface area contributed by atoms with Crippen LogP contribution in [0.3, 0.4) is 0 Å². The van der Waals surface area contributed by atoms with Crippen LogP contribution in [-0.4, -0.2) is 22.7 Å². The summed E-state index contributed by atoms with van der Waals surface area (Å²) in [6, 6.07) is 11.2. The molecule has 2 rings (SSSR count). The predicted molar refractivity (Wildman–Crippen MR) is 87.1 cm³/mol. The summed E-state index contributed by atoms with van der Waals surface area (Å²) < 4.78 is 4.96. The topological polar surface area (TPSA) is 92.8 Å². The average Bonchev–Trinajstić information content (AvgIpc) is 2.46. The molecule has 6 heteroatoms. The van der Waals surface area contributed by atoms with E-state index in [0.29, 0.717) is 5.56 Å². The highest BCUT2D eigenvalue weighted by atomic mass is 35.5. The molecular formula is C16H16ClNO4. The Balaban J connectivity index is 0.00000242. The summed E-state index contributed by atoms with van der Waals surface area (Å²) in [6.07, 6.45) is 3.56. The van der Waals surface area contributed by atoms with E-state index >= 15 is 0 Å². The minimum absolute atomic E-state index is 0. The van der Waals surface area contributed by atoms with Gasteiger partial charge in [-0.3, -0.25) is 4.79 Å². The molecule has 2 aromatic rings. The molecule has 4 N–H and O–H groups in total. The third-order valence-electron chi connectivity index (χ3n) is 2.67. The molecule has 2 aromatic carbocycles. The summed E-state index contributed by atoms with van der Waals surface area (Å²) in [7, 11) is 0. The van der Waals surface area contributed by atoms with Crippen LogP contribution in [0.25, 0.3) is 12.2 Å². The van der Waals surface area contributed by atoms with Crippen LogP contribution in [0.15, 0.2) is 42.5 Å². The molecule has 0 unspecified atom stereocenters. The first-order valence-electron chi connectivity index (χ1n) is 6.29. The van der Waals surface area contributed by atoms with Crippen molar-refractivity contribution in [1.29, 1.82) is 0 Å². The van der Waals surface area contributed by atoms with Gasteiger partial charge in [-0.1, -0.05) is 24.3 Å². The summed E-state index contributed by atoms with van der Waals surface area (Å²) in [5.74, 6) is -0.159. The molecule has 0 aliphatic carbocycles. The Labute approximate surface area is 134 Å². The first-order chi connectivity index (χ1) is 10.1. The Kier molecular flexibility index (Phi) is 6.44. The van der Waals surface area contributed by atoms with Crippen LogP contribution in [0, 0.1) is 0 Å². The van der Waals surface area contributed by atoms with Crippen LogP contribution in [0.5, 0.6) is 17.2 Å². The molecule has 0 aromatic heterocycles. The minimum Gasteiger partial charge on any atom is -0.508 e. The molecular weight excluding hydrogens is 306 g/mol. The lowest BCUT2D eigenvalue weighted by atomic mass is 10.1. The number of nitrogens with two attached hydrogens (primary N) is 1. The van der Waals surface area contributed by atoms with Gasteiger partial charge in [-0.2, -0.15) is 0 Å². The molecule has 0 atom stereocenters. The van der Waals surface area contributed by atoms with Crippen LogP contribution in [-0.2, 0) is 4.79 Å². The van der Waals surface area contributed by atoms with Gasteiger partial charge in [-0.05, 0) is 35.4 Å². The zero-order valence-electron chi connectivity index (χ0n) is 11.6. The van der Waals surface area contributed by atoms with E-state index in [4.69, 9.17) is 10.5 Å². The molecule has 22 heavy (non-hydrogen) atoms. The van der Waals surface area contributed by atoms with Gasteiger partial charge in [-0.15, -0.1) is 12.4 Å². The van der Waals surface area contributed by atoms with Crippen LogP contribution < -0.4 is 10.5 Å². The van der Waals surface area contributed by atoms with Crippen molar-refractivity contribution in [2.24, 2.45) is 5.73 Å². The Morgan fingerprint density at radius 2 is 1.64 bits per heavy atom. The van der Waals surface area contributed by atoms with Gasteiger partial charge < -0.3 is 20.7 Å². The number of phenols is 2. The fourth-order valence-corrected chi connectivity index (χ4v) is 1.71. The lowest BCUT2D eigenvalue weighted by Crippen LogP contribution is -2.19. The van der Waals surface area contributed by atoms with Gasteiger partial charge in [0, 0.05) is 6.07 Å². The predicted octanol–water partition coefficient (Wildman–Crippen LogP) is 2.55. The Morgan fingerprint density at radius 1 is 1.00 bits per heavy atom. The number of ether oxygens (including phenoxy) is 1. The molecule has 0 aliphatic rings. The molecule has 0 saturated carbocycles. The molecule has 0 heterocycles. The summed E-state index contributed by atoms with van der Waals surface area (Å²) >= 11 is 0. The molecule has 0 bridgehead atoms. The second-order valence-electron chi connectivity index (χ2n) is 4.36. The van der Waals surface area contributed by atoms with Crippen molar-refractivity contribution >= 4 is 30.5 Å². The molecule has 0 amide bonds. The smallest absolute Gasteiger partial charge is 0.325 e. The number of phenolic OH excluding ortho intramolecular Hbond substituents is 2. The highest BCUT2D eigenvalue weighted by Gasteiger charge is 2.04. The summed E-state index contributed by atoms with van der Waals surface area (Å²) in [5.41, 5.74) is 6.73. The Bertz CT molecular complexity index is 668. The lowest BCUT2D eigenvalue weighted by molar-refractivity contribution is -0.132. The van der Waals surface area contributed by atoms with Crippen LogP contribution >= 0.6 is 12.4 Å².